The van der Waals surface area contributed by atoms with E-state index in [4.69, 9.17) is 4.52 Å². The van der Waals surface area contributed by atoms with Gasteiger partial charge in [-0.2, -0.15) is 26.9 Å². The molecule has 0 spiro atoms. The molecule has 3 rings (SSSR count). The number of aromatic nitrogens is 3. The van der Waals surface area contributed by atoms with Crippen molar-refractivity contribution in [3.8, 4) is 11.5 Å². The highest BCUT2D eigenvalue weighted by atomic mass is 19.4. The van der Waals surface area contributed by atoms with Crippen LogP contribution in [-0.4, -0.2) is 56.9 Å². The smallest absolute Gasteiger partial charge is 0.338 e. The number of carbonyl (C=O) groups excluding carboxylic acids is 2. The van der Waals surface area contributed by atoms with Crippen molar-refractivity contribution in [2.45, 2.75) is 37.8 Å². The van der Waals surface area contributed by atoms with Gasteiger partial charge in [0.25, 0.3) is 0 Å². The SMILES string of the molecule is CC(C)C(=O)C(F)(F)C(=O)N1CCC(c2nc(-c3ccccn3)no2)(C(F)(F)F)C1. The molecule has 162 valence electrons. The number of nitrogens with zero attached hydrogens (tertiary/aromatic N) is 4. The summed E-state index contributed by atoms with van der Waals surface area (Å²) in [5.41, 5.74) is -2.68. The first-order chi connectivity index (χ1) is 13.9. The molecule has 0 saturated carbocycles. The Morgan fingerprint density at radius 2 is 1.90 bits per heavy atom. The van der Waals surface area contributed by atoms with Crippen LogP contribution in [0.5, 0.6) is 0 Å². The van der Waals surface area contributed by atoms with Gasteiger partial charge in [-0.05, 0) is 18.6 Å². The molecule has 1 unspecified atom stereocenters. The van der Waals surface area contributed by atoms with Crippen molar-refractivity contribution in [1.29, 1.82) is 0 Å². The van der Waals surface area contributed by atoms with Crippen LogP contribution in [0.2, 0.25) is 0 Å². The maximum atomic E-state index is 14.2. The normalized spacial score (nSPS) is 20.1. The molecule has 0 N–H and O–H groups in total. The molecular weight excluding hydrogens is 415 g/mol. The van der Waals surface area contributed by atoms with E-state index in [0.29, 0.717) is 4.90 Å². The van der Waals surface area contributed by atoms with Crippen LogP contribution < -0.4 is 0 Å². The van der Waals surface area contributed by atoms with Crippen molar-refractivity contribution < 1.29 is 36.1 Å². The Labute approximate surface area is 167 Å². The molecule has 0 radical (unpaired) electrons. The molecule has 7 nitrogen and oxygen atoms in total. The number of amides is 1. The molecule has 3 heterocycles. The number of carbonyl (C=O) groups is 2. The minimum absolute atomic E-state index is 0.157. The molecule has 30 heavy (non-hydrogen) atoms. The number of pyridine rings is 1. The molecule has 1 aliphatic heterocycles. The maximum absolute atomic E-state index is 14.2. The molecular formula is C18H17F5N4O3. The highest BCUT2D eigenvalue weighted by Gasteiger charge is 2.65. The molecule has 0 bridgehead atoms. The molecule has 12 heteroatoms. The molecule has 2 aromatic rings. The number of hydrogen-bond acceptors (Lipinski definition) is 6. The van der Waals surface area contributed by atoms with E-state index < -0.39 is 60.5 Å². The van der Waals surface area contributed by atoms with Gasteiger partial charge < -0.3 is 9.42 Å². The molecule has 1 saturated heterocycles. The fraction of sp³-hybridized carbons (Fsp3) is 0.500. The fourth-order valence-corrected chi connectivity index (χ4v) is 3.19. The summed E-state index contributed by atoms with van der Waals surface area (Å²) in [5.74, 6) is -10.3. The van der Waals surface area contributed by atoms with Gasteiger partial charge in [-0.25, -0.2) is 0 Å². The van der Waals surface area contributed by atoms with E-state index in [9.17, 15) is 31.5 Å². The lowest BCUT2D eigenvalue weighted by Gasteiger charge is -2.29. The van der Waals surface area contributed by atoms with E-state index in [1.54, 1.807) is 12.1 Å². The van der Waals surface area contributed by atoms with E-state index in [1.807, 2.05) is 0 Å². The lowest BCUT2D eigenvalue weighted by molar-refractivity contribution is -0.195. The molecule has 0 aromatic carbocycles. The van der Waals surface area contributed by atoms with Crippen LogP contribution in [0.25, 0.3) is 11.5 Å². The highest BCUT2D eigenvalue weighted by Crippen LogP contribution is 2.48. The number of Topliss-reactive ketones (excluding diaryl/α,β-unsaturated/α-hetero) is 1. The van der Waals surface area contributed by atoms with Crippen LogP contribution in [-0.2, 0) is 15.0 Å². The van der Waals surface area contributed by atoms with Gasteiger partial charge in [0.15, 0.2) is 5.41 Å². The summed E-state index contributed by atoms with van der Waals surface area (Å²) in [4.78, 5) is 31.9. The third-order valence-electron chi connectivity index (χ3n) is 4.93. The van der Waals surface area contributed by atoms with Crippen molar-refractivity contribution >= 4 is 11.7 Å². The predicted octanol–water partition coefficient (Wildman–Crippen LogP) is 3.02. The summed E-state index contributed by atoms with van der Waals surface area (Å²) in [7, 11) is 0. The number of alkyl halides is 5. The molecule has 0 aliphatic carbocycles. The molecule has 2 aromatic heterocycles. The predicted molar refractivity (Wildman–Crippen MR) is 91.3 cm³/mol. The second-order valence-corrected chi connectivity index (χ2v) is 7.29. The number of halogens is 5. The van der Waals surface area contributed by atoms with Crippen LogP contribution in [0.15, 0.2) is 28.9 Å². The maximum Gasteiger partial charge on any atom is 0.405 e. The van der Waals surface area contributed by atoms with Crippen LogP contribution in [0.1, 0.15) is 26.2 Å². The van der Waals surface area contributed by atoms with Gasteiger partial charge >= 0.3 is 18.0 Å². The van der Waals surface area contributed by atoms with Crippen LogP contribution in [0.3, 0.4) is 0 Å². The first-order valence-electron chi connectivity index (χ1n) is 8.94. The van der Waals surface area contributed by atoms with Crippen molar-refractivity contribution in [2.75, 3.05) is 13.1 Å². The van der Waals surface area contributed by atoms with Crippen molar-refractivity contribution in [3.05, 3.63) is 30.3 Å². The van der Waals surface area contributed by atoms with E-state index in [1.165, 1.54) is 26.1 Å². The Balaban J connectivity index is 1.93. The fourth-order valence-electron chi connectivity index (χ4n) is 3.19. The summed E-state index contributed by atoms with van der Waals surface area (Å²) >= 11 is 0. The van der Waals surface area contributed by atoms with Gasteiger partial charge in [0.1, 0.15) is 5.69 Å². The average molecular weight is 432 g/mol. The van der Waals surface area contributed by atoms with E-state index >= 15 is 0 Å². The summed E-state index contributed by atoms with van der Waals surface area (Å²) < 4.78 is 75.2. The van der Waals surface area contributed by atoms with E-state index in [2.05, 4.69) is 15.1 Å². The quantitative estimate of drug-likeness (QED) is 0.533. The second kappa shape index (κ2) is 7.40. The van der Waals surface area contributed by atoms with Crippen LogP contribution in [0, 0.1) is 5.92 Å². The summed E-state index contributed by atoms with van der Waals surface area (Å²) in [6.45, 7) is 0.525. The largest absolute Gasteiger partial charge is 0.405 e. The van der Waals surface area contributed by atoms with E-state index in [-0.39, 0.29) is 11.5 Å². The Hall–Kier alpha value is -2.92. The topological polar surface area (TPSA) is 89.2 Å². The van der Waals surface area contributed by atoms with Crippen LogP contribution >= 0.6 is 0 Å². The standard InChI is InChI=1S/C18H17F5N4O3/c1-10(2)12(28)17(19,20)15(29)27-8-6-16(9-27,18(21,22)23)14-25-13(26-30-14)11-5-3-4-7-24-11/h3-5,7,10H,6,8-9H2,1-2H3. The van der Waals surface area contributed by atoms with Crippen molar-refractivity contribution in [1.82, 2.24) is 20.0 Å². The Bertz CT molecular complexity index is 945. The zero-order valence-electron chi connectivity index (χ0n) is 15.9. The molecule has 1 fully saturated rings. The zero-order valence-corrected chi connectivity index (χ0v) is 15.9. The van der Waals surface area contributed by atoms with Gasteiger partial charge in [0, 0.05) is 25.2 Å². The van der Waals surface area contributed by atoms with E-state index in [0.717, 1.165) is 0 Å². The Morgan fingerprint density at radius 1 is 1.20 bits per heavy atom. The number of rotatable bonds is 5. The Morgan fingerprint density at radius 3 is 2.47 bits per heavy atom. The van der Waals surface area contributed by atoms with Crippen LogP contribution in [0.4, 0.5) is 22.0 Å². The van der Waals surface area contributed by atoms with Gasteiger partial charge in [-0.1, -0.05) is 25.1 Å². The first kappa shape index (κ1) is 21.8. The lowest BCUT2D eigenvalue weighted by atomic mass is 9.86. The summed E-state index contributed by atoms with van der Waals surface area (Å²) in [6.07, 6.45) is -4.36. The lowest BCUT2D eigenvalue weighted by Crippen LogP contribution is -2.51. The molecule has 1 atom stereocenters. The molecule has 1 amide bonds. The monoisotopic (exact) mass is 432 g/mol. The zero-order chi connectivity index (χ0) is 22.3. The van der Waals surface area contributed by atoms with Crippen molar-refractivity contribution in [2.24, 2.45) is 5.92 Å². The first-order valence-corrected chi connectivity index (χ1v) is 8.94. The minimum Gasteiger partial charge on any atom is -0.338 e. The third-order valence-corrected chi connectivity index (χ3v) is 4.93. The minimum atomic E-state index is -4.98. The number of hydrogen-bond donors (Lipinski definition) is 0. The summed E-state index contributed by atoms with van der Waals surface area (Å²) in [6, 6.07) is 4.61. The highest BCUT2D eigenvalue weighted by molar-refractivity contribution is 6.08. The van der Waals surface area contributed by atoms with Gasteiger partial charge in [-0.15, -0.1) is 0 Å². The van der Waals surface area contributed by atoms with Gasteiger partial charge in [-0.3, -0.25) is 14.6 Å². The molecule has 1 aliphatic rings. The van der Waals surface area contributed by atoms with Crippen molar-refractivity contribution in [3.63, 3.8) is 0 Å². The second-order valence-electron chi connectivity index (χ2n) is 7.29. The summed E-state index contributed by atoms with van der Waals surface area (Å²) in [5, 5.41) is 3.51. The third kappa shape index (κ3) is 3.54. The Kier molecular flexibility index (Phi) is 5.37. The van der Waals surface area contributed by atoms with Gasteiger partial charge in [0.2, 0.25) is 17.5 Å². The average Bonchev–Trinajstić information content (AvgIpc) is 3.35. The number of ketones is 1. The van der Waals surface area contributed by atoms with Gasteiger partial charge in [0.05, 0.1) is 0 Å². The number of likely N-dealkylation sites (tertiary alicyclic amines) is 1.